The van der Waals surface area contributed by atoms with Crippen LogP contribution in [0.2, 0.25) is 0 Å². The number of benzene rings is 1. The second-order valence-corrected chi connectivity index (χ2v) is 8.47. The normalized spacial score (nSPS) is 17.8. The number of nitrogens with zero attached hydrogens (tertiary/aromatic N) is 4. The second kappa shape index (κ2) is 9.71. The third-order valence-corrected chi connectivity index (χ3v) is 6.27. The van der Waals surface area contributed by atoms with Crippen LogP contribution < -0.4 is 10.9 Å². The van der Waals surface area contributed by atoms with Crippen molar-refractivity contribution in [1.82, 2.24) is 24.7 Å². The number of aromatic nitrogens is 2. The third-order valence-electron chi connectivity index (χ3n) is 6.27. The van der Waals surface area contributed by atoms with E-state index < -0.39 is 0 Å². The Labute approximate surface area is 178 Å². The Morgan fingerprint density at radius 3 is 2.60 bits per heavy atom. The first-order chi connectivity index (χ1) is 14.7. The Balaban J connectivity index is 1.30. The van der Waals surface area contributed by atoms with Crippen molar-refractivity contribution in [3.05, 3.63) is 39.9 Å². The second-order valence-electron chi connectivity index (χ2n) is 8.47. The molecule has 7 heteroatoms. The summed E-state index contributed by atoms with van der Waals surface area (Å²) >= 11 is 0. The number of piperazine rings is 1. The van der Waals surface area contributed by atoms with E-state index in [0.29, 0.717) is 23.0 Å². The predicted molar refractivity (Wildman–Crippen MR) is 119 cm³/mol. The fourth-order valence-electron chi connectivity index (χ4n) is 4.54. The smallest absolute Gasteiger partial charge is 0.261 e. The standard InChI is InChI=1S/C23H33N5O2/c1-2-10-26-13-15-27(16-14-26)11-5-9-24-22(29)18-7-8-19-20(17-18)25-21-6-3-4-12-28(21)23(19)30/h7-8,17H,2-6,9-16H2,1H3,(H,24,29). The fraction of sp³-hybridized carbons (Fsp3) is 0.609. The zero-order valence-corrected chi connectivity index (χ0v) is 18.0. The Morgan fingerprint density at radius 2 is 1.83 bits per heavy atom. The number of carbonyl (C=O) groups excluding carboxylic acids is 1. The molecule has 1 aromatic carbocycles. The number of aryl methyl sites for hydroxylation is 1. The summed E-state index contributed by atoms with van der Waals surface area (Å²) in [7, 11) is 0. The minimum Gasteiger partial charge on any atom is -0.352 e. The van der Waals surface area contributed by atoms with Crippen LogP contribution in [0.4, 0.5) is 0 Å². The van der Waals surface area contributed by atoms with E-state index in [9.17, 15) is 9.59 Å². The highest BCUT2D eigenvalue weighted by molar-refractivity contribution is 5.97. The Bertz CT molecular complexity index is 946. The molecule has 0 radical (unpaired) electrons. The van der Waals surface area contributed by atoms with Gasteiger partial charge in [0.15, 0.2) is 0 Å². The summed E-state index contributed by atoms with van der Waals surface area (Å²) in [5.41, 5.74) is 1.22. The highest BCUT2D eigenvalue weighted by Crippen LogP contribution is 2.16. The fourth-order valence-corrected chi connectivity index (χ4v) is 4.54. The van der Waals surface area contributed by atoms with Crippen LogP contribution in [0.15, 0.2) is 23.0 Å². The summed E-state index contributed by atoms with van der Waals surface area (Å²) in [5.74, 6) is 0.750. The first kappa shape index (κ1) is 21.0. The molecule has 2 aromatic rings. The molecule has 3 heterocycles. The quantitative estimate of drug-likeness (QED) is 0.705. The maximum atomic E-state index is 12.7. The molecule has 30 heavy (non-hydrogen) atoms. The van der Waals surface area contributed by atoms with Crippen LogP contribution in [-0.4, -0.2) is 71.1 Å². The zero-order chi connectivity index (χ0) is 20.9. The summed E-state index contributed by atoms with van der Waals surface area (Å²) in [6, 6.07) is 5.25. The number of nitrogens with one attached hydrogen (secondary N) is 1. The highest BCUT2D eigenvalue weighted by atomic mass is 16.1. The van der Waals surface area contributed by atoms with Crippen molar-refractivity contribution in [1.29, 1.82) is 0 Å². The molecule has 0 bridgehead atoms. The molecule has 4 rings (SSSR count). The Kier molecular flexibility index (Phi) is 6.79. The van der Waals surface area contributed by atoms with E-state index in [1.165, 1.54) is 13.0 Å². The molecule has 1 amide bonds. The van der Waals surface area contributed by atoms with Gasteiger partial charge in [0.2, 0.25) is 0 Å². The van der Waals surface area contributed by atoms with Crippen LogP contribution >= 0.6 is 0 Å². The van der Waals surface area contributed by atoms with Crippen LogP contribution in [0.1, 0.15) is 48.8 Å². The van der Waals surface area contributed by atoms with Crippen molar-refractivity contribution < 1.29 is 4.79 Å². The number of carbonyl (C=O) groups is 1. The molecule has 1 aromatic heterocycles. The van der Waals surface area contributed by atoms with Crippen molar-refractivity contribution in [2.24, 2.45) is 0 Å². The van der Waals surface area contributed by atoms with Gasteiger partial charge in [-0.1, -0.05) is 6.92 Å². The van der Waals surface area contributed by atoms with Gasteiger partial charge in [0.25, 0.3) is 11.5 Å². The highest BCUT2D eigenvalue weighted by Gasteiger charge is 2.17. The first-order valence-corrected chi connectivity index (χ1v) is 11.4. The molecule has 1 saturated heterocycles. The Hall–Kier alpha value is -2.25. The molecule has 7 nitrogen and oxygen atoms in total. The van der Waals surface area contributed by atoms with Crippen LogP contribution in [0.25, 0.3) is 10.9 Å². The SMILES string of the molecule is CCCN1CCN(CCCNC(=O)c2ccc3c(=O)n4c(nc3c2)CCCC4)CC1. The molecule has 1 fully saturated rings. The van der Waals surface area contributed by atoms with Crippen molar-refractivity contribution in [3.63, 3.8) is 0 Å². The molecule has 0 unspecified atom stereocenters. The van der Waals surface area contributed by atoms with Crippen molar-refractivity contribution in [2.75, 3.05) is 45.8 Å². The average molecular weight is 412 g/mol. The number of fused-ring (bicyclic) bond motifs is 2. The topological polar surface area (TPSA) is 70.5 Å². The van der Waals surface area contributed by atoms with Crippen LogP contribution in [0.5, 0.6) is 0 Å². The molecule has 0 spiro atoms. The monoisotopic (exact) mass is 411 g/mol. The largest absolute Gasteiger partial charge is 0.352 e. The molecule has 1 N–H and O–H groups in total. The lowest BCUT2D eigenvalue weighted by atomic mass is 10.1. The van der Waals surface area contributed by atoms with E-state index in [2.05, 4.69) is 27.0 Å². The summed E-state index contributed by atoms with van der Waals surface area (Å²) in [4.78, 5) is 34.9. The zero-order valence-electron chi connectivity index (χ0n) is 18.0. The minimum atomic E-state index is -0.0933. The molecular formula is C23H33N5O2. The number of rotatable bonds is 7. The Morgan fingerprint density at radius 1 is 1.07 bits per heavy atom. The van der Waals surface area contributed by atoms with Gasteiger partial charge in [-0.3, -0.25) is 14.2 Å². The first-order valence-electron chi connectivity index (χ1n) is 11.4. The van der Waals surface area contributed by atoms with Crippen LogP contribution in [-0.2, 0) is 13.0 Å². The van der Waals surface area contributed by atoms with Crippen LogP contribution in [0.3, 0.4) is 0 Å². The van der Waals surface area contributed by atoms with Gasteiger partial charge in [-0.25, -0.2) is 4.98 Å². The molecule has 0 atom stereocenters. The molecule has 0 aliphatic carbocycles. The summed E-state index contributed by atoms with van der Waals surface area (Å²) in [6.45, 7) is 10.4. The average Bonchev–Trinajstić information content (AvgIpc) is 2.78. The molecule has 2 aliphatic heterocycles. The molecular weight excluding hydrogens is 378 g/mol. The van der Waals surface area contributed by atoms with Gasteiger partial charge in [-0.15, -0.1) is 0 Å². The van der Waals surface area contributed by atoms with Gasteiger partial charge in [-0.05, 0) is 57.0 Å². The van der Waals surface area contributed by atoms with E-state index in [1.807, 2.05) is 0 Å². The summed E-state index contributed by atoms with van der Waals surface area (Å²) in [6.07, 6.45) is 5.07. The van der Waals surface area contributed by atoms with Gasteiger partial charge in [0, 0.05) is 51.3 Å². The summed E-state index contributed by atoms with van der Waals surface area (Å²) in [5, 5.41) is 3.62. The van der Waals surface area contributed by atoms with E-state index in [0.717, 1.165) is 70.8 Å². The number of hydrogen-bond donors (Lipinski definition) is 1. The van der Waals surface area contributed by atoms with E-state index in [1.54, 1.807) is 22.8 Å². The number of amides is 1. The molecule has 0 saturated carbocycles. The summed E-state index contributed by atoms with van der Waals surface area (Å²) < 4.78 is 1.79. The maximum Gasteiger partial charge on any atom is 0.261 e. The van der Waals surface area contributed by atoms with Gasteiger partial charge >= 0.3 is 0 Å². The lowest BCUT2D eigenvalue weighted by Crippen LogP contribution is -2.47. The van der Waals surface area contributed by atoms with E-state index in [4.69, 9.17) is 0 Å². The van der Waals surface area contributed by atoms with Crippen molar-refractivity contribution in [2.45, 2.75) is 45.6 Å². The van der Waals surface area contributed by atoms with Crippen molar-refractivity contribution >= 4 is 16.8 Å². The van der Waals surface area contributed by atoms with Gasteiger partial charge in [-0.2, -0.15) is 0 Å². The molecule has 2 aliphatic rings. The maximum absolute atomic E-state index is 12.7. The lowest BCUT2D eigenvalue weighted by molar-refractivity contribution is 0.0948. The van der Waals surface area contributed by atoms with Gasteiger partial charge < -0.3 is 15.1 Å². The number of hydrogen-bond acceptors (Lipinski definition) is 5. The predicted octanol–water partition coefficient (Wildman–Crippen LogP) is 1.88. The van der Waals surface area contributed by atoms with E-state index >= 15 is 0 Å². The molecule has 162 valence electrons. The van der Waals surface area contributed by atoms with Gasteiger partial charge in [0.05, 0.1) is 10.9 Å². The van der Waals surface area contributed by atoms with Crippen molar-refractivity contribution in [3.8, 4) is 0 Å². The lowest BCUT2D eigenvalue weighted by Gasteiger charge is -2.34. The minimum absolute atomic E-state index is 0.0145. The third kappa shape index (κ3) is 4.73. The van der Waals surface area contributed by atoms with Gasteiger partial charge in [0.1, 0.15) is 5.82 Å². The van der Waals surface area contributed by atoms with E-state index in [-0.39, 0.29) is 11.5 Å². The van der Waals surface area contributed by atoms with Crippen LogP contribution in [0, 0.1) is 0 Å².